The van der Waals surface area contributed by atoms with Crippen molar-refractivity contribution in [3.63, 3.8) is 0 Å². The van der Waals surface area contributed by atoms with Crippen LogP contribution in [0.25, 0.3) is 0 Å². The van der Waals surface area contributed by atoms with Crippen LogP contribution in [0.4, 0.5) is 0 Å². The van der Waals surface area contributed by atoms with Crippen molar-refractivity contribution < 1.29 is 14.3 Å². The number of halogens is 1. The summed E-state index contributed by atoms with van der Waals surface area (Å²) in [6.07, 6.45) is 1.09. The highest BCUT2D eigenvalue weighted by atomic mass is 35.5. The third kappa shape index (κ3) is 3.86. The lowest BCUT2D eigenvalue weighted by molar-refractivity contribution is -0.0231. The minimum absolute atomic E-state index is 0.162. The molecule has 1 aromatic carbocycles. The first-order valence-corrected chi connectivity index (χ1v) is 9.32. The monoisotopic (exact) mass is 361 g/mol. The lowest BCUT2D eigenvalue weighted by Crippen LogP contribution is -2.42. The number of ether oxygens (including phenoxy) is 1. The minimum atomic E-state index is -0.425. The zero-order valence-corrected chi connectivity index (χ0v) is 15.2. The molecule has 4 atom stereocenters. The summed E-state index contributed by atoms with van der Waals surface area (Å²) >= 11 is 6.03. The molecule has 25 heavy (non-hydrogen) atoms. The van der Waals surface area contributed by atoms with Crippen molar-refractivity contribution in [3.05, 3.63) is 52.9 Å². The number of hydrogen-bond acceptors (Lipinski definition) is 4. The molecule has 1 aliphatic heterocycles. The van der Waals surface area contributed by atoms with Gasteiger partial charge in [-0.25, -0.2) is 0 Å². The van der Waals surface area contributed by atoms with Crippen LogP contribution in [0.2, 0.25) is 5.02 Å². The third-order valence-corrected chi connectivity index (χ3v) is 5.65. The molecule has 1 saturated carbocycles. The molecule has 134 valence electrons. The molecule has 0 spiro atoms. The van der Waals surface area contributed by atoms with Crippen LogP contribution in [-0.4, -0.2) is 35.3 Å². The summed E-state index contributed by atoms with van der Waals surface area (Å²) < 4.78 is 11.7. The summed E-state index contributed by atoms with van der Waals surface area (Å²) in [6, 6.07) is 11.5. The van der Waals surface area contributed by atoms with Crippen molar-refractivity contribution in [2.24, 2.45) is 11.8 Å². The molecule has 2 heterocycles. The number of nitrogens with zero attached hydrogens (tertiary/aromatic N) is 1. The molecule has 1 aromatic heterocycles. The molecule has 2 fully saturated rings. The van der Waals surface area contributed by atoms with Gasteiger partial charge in [0, 0.05) is 18.1 Å². The Hall–Kier alpha value is -1.49. The number of aliphatic hydroxyl groups excluding tert-OH is 1. The van der Waals surface area contributed by atoms with E-state index in [0.29, 0.717) is 16.9 Å². The summed E-state index contributed by atoms with van der Waals surface area (Å²) in [7, 11) is 0. The summed E-state index contributed by atoms with van der Waals surface area (Å²) in [5.74, 6) is 3.80. The lowest BCUT2D eigenvalue weighted by Gasteiger charge is -2.35. The van der Waals surface area contributed by atoms with Crippen molar-refractivity contribution in [3.8, 4) is 5.75 Å². The first-order valence-electron chi connectivity index (χ1n) is 8.95. The molecule has 0 unspecified atom stereocenters. The molecular formula is C20H24ClNO3. The van der Waals surface area contributed by atoms with Gasteiger partial charge < -0.3 is 14.3 Å². The van der Waals surface area contributed by atoms with Crippen LogP contribution in [-0.2, 0) is 6.54 Å². The van der Waals surface area contributed by atoms with E-state index in [0.717, 1.165) is 49.7 Å². The quantitative estimate of drug-likeness (QED) is 0.897. The van der Waals surface area contributed by atoms with E-state index < -0.39 is 6.10 Å². The maximum atomic E-state index is 10.5. The van der Waals surface area contributed by atoms with E-state index >= 15 is 0 Å². The number of fused-ring (bicyclic) bond motifs is 1. The van der Waals surface area contributed by atoms with E-state index in [1.54, 1.807) is 6.07 Å². The molecule has 1 aliphatic carbocycles. The topological polar surface area (TPSA) is 45.8 Å². The first kappa shape index (κ1) is 17.0. The normalized spacial score (nSPS) is 29.6. The number of aliphatic hydroxyl groups is 1. The van der Waals surface area contributed by atoms with Crippen LogP contribution in [0.15, 0.2) is 40.8 Å². The number of benzene rings is 1. The average molecular weight is 362 g/mol. The Morgan fingerprint density at radius 3 is 2.72 bits per heavy atom. The number of hydrogen-bond donors (Lipinski definition) is 1. The van der Waals surface area contributed by atoms with Gasteiger partial charge >= 0.3 is 0 Å². The van der Waals surface area contributed by atoms with E-state index in [1.165, 1.54) is 0 Å². The van der Waals surface area contributed by atoms with Gasteiger partial charge in [0.25, 0.3) is 0 Å². The van der Waals surface area contributed by atoms with E-state index in [-0.39, 0.29) is 6.10 Å². The van der Waals surface area contributed by atoms with Crippen molar-refractivity contribution >= 4 is 11.6 Å². The predicted molar refractivity (Wildman–Crippen MR) is 96.8 cm³/mol. The van der Waals surface area contributed by atoms with Crippen molar-refractivity contribution in [2.45, 2.75) is 38.5 Å². The number of aryl methyl sites for hydroxylation is 1. The molecule has 2 aliphatic rings. The van der Waals surface area contributed by atoms with Gasteiger partial charge in [-0.15, -0.1) is 0 Å². The molecule has 0 bridgehead atoms. The van der Waals surface area contributed by atoms with Gasteiger partial charge in [-0.1, -0.05) is 17.7 Å². The second kappa shape index (κ2) is 7.02. The minimum Gasteiger partial charge on any atom is -0.488 e. The third-order valence-electron chi connectivity index (χ3n) is 5.42. The Balaban J connectivity index is 1.38. The van der Waals surface area contributed by atoms with E-state index in [1.807, 2.05) is 31.2 Å². The summed E-state index contributed by atoms with van der Waals surface area (Å²) in [5.41, 5.74) is 0. The highest BCUT2D eigenvalue weighted by Crippen LogP contribution is 2.38. The maximum absolute atomic E-state index is 10.5. The molecule has 2 aromatic rings. The molecule has 5 heteroatoms. The van der Waals surface area contributed by atoms with Gasteiger partial charge in [0.1, 0.15) is 23.4 Å². The number of rotatable bonds is 4. The number of furan rings is 1. The van der Waals surface area contributed by atoms with Crippen LogP contribution in [0.1, 0.15) is 24.4 Å². The molecule has 0 amide bonds. The Bertz CT molecular complexity index is 731. The van der Waals surface area contributed by atoms with Crippen molar-refractivity contribution in [2.75, 3.05) is 13.1 Å². The fourth-order valence-electron chi connectivity index (χ4n) is 4.25. The summed E-state index contributed by atoms with van der Waals surface area (Å²) in [4.78, 5) is 2.43. The Labute approximate surface area is 153 Å². The zero-order valence-electron chi connectivity index (χ0n) is 14.4. The molecule has 1 saturated heterocycles. The van der Waals surface area contributed by atoms with Gasteiger partial charge in [0.15, 0.2) is 0 Å². The molecular weight excluding hydrogens is 338 g/mol. The fraction of sp³-hybridized carbons (Fsp3) is 0.500. The second-order valence-corrected chi connectivity index (χ2v) is 7.82. The van der Waals surface area contributed by atoms with Gasteiger partial charge in [-0.3, -0.25) is 4.90 Å². The van der Waals surface area contributed by atoms with Crippen LogP contribution in [0, 0.1) is 18.8 Å². The summed E-state index contributed by atoms with van der Waals surface area (Å²) in [5, 5.41) is 11.2. The van der Waals surface area contributed by atoms with Gasteiger partial charge in [-0.05, 0) is 61.9 Å². The van der Waals surface area contributed by atoms with Crippen LogP contribution in [0.5, 0.6) is 5.75 Å². The standard InChI is InChI=1S/C20H24ClNO3/c1-13-5-6-18(24-13)12-22-10-14-7-19(23)20(8-15(14)11-22)25-17-4-2-3-16(21)9-17/h2-6,9,14-15,19-20,23H,7-8,10-12H2,1H3/t14-,15+,19+,20+/m0/s1. The highest BCUT2D eigenvalue weighted by molar-refractivity contribution is 6.30. The molecule has 4 nitrogen and oxygen atoms in total. The smallest absolute Gasteiger partial charge is 0.125 e. The van der Waals surface area contributed by atoms with Gasteiger partial charge in [0.2, 0.25) is 0 Å². The molecule has 0 radical (unpaired) electrons. The molecule has 4 rings (SSSR count). The first-order chi connectivity index (χ1) is 12.1. The Morgan fingerprint density at radius 2 is 2.00 bits per heavy atom. The van der Waals surface area contributed by atoms with Crippen LogP contribution in [0.3, 0.4) is 0 Å². The summed E-state index contributed by atoms with van der Waals surface area (Å²) in [6.45, 7) is 4.87. The van der Waals surface area contributed by atoms with Crippen molar-refractivity contribution in [1.29, 1.82) is 0 Å². The average Bonchev–Trinajstić information content (AvgIpc) is 3.13. The van der Waals surface area contributed by atoms with Crippen LogP contribution < -0.4 is 4.74 Å². The fourth-order valence-corrected chi connectivity index (χ4v) is 4.43. The molecule has 1 N–H and O–H groups in total. The van der Waals surface area contributed by atoms with Gasteiger partial charge in [0.05, 0.1) is 12.6 Å². The largest absolute Gasteiger partial charge is 0.488 e. The predicted octanol–water partition coefficient (Wildman–Crippen LogP) is 3.89. The highest BCUT2D eigenvalue weighted by Gasteiger charge is 2.42. The van der Waals surface area contributed by atoms with Crippen molar-refractivity contribution in [1.82, 2.24) is 4.90 Å². The lowest BCUT2D eigenvalue weighted by atomic mass is 9.78. The van der Waals surface area contributed by atoms with E-state index in [2.05, 4.69) is 11.0 Å². The SMILES string of the molecule is Cc1ccc(CN2C[C@H]3C[C@@H](Oc4cccc(Cl)c4)[C@H](O)C[C@H]3C2)o1. The van der Waals surface area contributed by atoms with E-state index in [9.17, 15) is 5.11 Å². The zero-order chi connectivity index (χ0) is 17.4. The van der Waals surface area contributed by atoms with Crippen LogP contribution >= 0.6 is 11.6 Å². The van der Waals surface area contributed by atoms with E-state index in [4.69, 9.17) is 20.8 Å². The van der Waals surface area contributed by atoms with Gasteiger partial charge in [-0.2, -0.15) is 0 Å². The number of likely N-dealkylation sites (tertiary alicyclic amines) is 1. The second-order valence-electron chi connectivity index (χ2n) is 7.38. The maximum Gasteiger partial charge on any atom is 0.125 e. The Morgan fingerprint density at radius 1 is 1.20 bits per heavy atom. The Kier molecular flexibility index (Phi) is 4.76.